The summed E-state index contributed by atoms with van der Waals surface area (Å²) in [6.45, 7) is 5.66. The summed E-state index contributed by atoms with van der Waals surface area (Å²) in [4.78, 5) is 4.52. The molecule has 0 spiro atoms. The van der Waals surface area contributed by atoms with Crippen molar-refractivity contribution in [2.45, 2.75) is 26.3 Å². The van der Waals surface area contributed by atoms with E-state index in [1.807, 2.05) is 34.9 Å². The fourth-order valence-corrected chi connectivity index (χ4v) is 3.10. The molecule has 6 nitrogen and oxygen atoms in total. The minimum atomic E-state index is 0.328. The SMILES string of the molecule is CC(C)c1n[nH]c(=S)n1CCNc1nc(-c2ccccc2)ns1. The van der Waals surface area contributed by atoms with Gasteiger partial charge in [0.15, 0.2) is 10.6 Å². The normalized spacial score (nSPS) is 11.1. The molecule has 0 saturated heterocycles. The summed E-state index contributed by atoms with van der Waals surface area (Å²) in [7, 11) is 0. The van der Waals surface area contributed by atoms with Crippen molar-refractivity contribution in [3.8, 4) is 11.4 Å². The molecule has 2 N–H and O–H groups in total. The highest BCUT2D eigenvalue weighted by Gasteiger charge is 2.10. The van der Waals surface area contributed by atoms with Gasteiger partial charge in [0.1, 0.15) is 5.82 Å². The number of nitrogens with zero attached hydrogens (tertiary/aromatic N) is 4. The van der Waals surface area contributed by atoms with Gasteiger partial charge in [0.05, 0.1) is 0 Å². The summed E-state index contributed by atoms with van der Waals surface area (Å²) in [6.07, 6.45) is 0. The highest BCUT2D eigenvalue weighted by molar-refractivity contribution is 7.71. The number of aromatic amines is 1. The lowest BCUT2D eigenvalue weighted by Gasteiger charge is -2.09. The molecule has 0 amide bonds. The van der Waals surface area contributed by atoms with Crippen LogP contribution in [0.25, 0.3) is 11.4 Å². The molecule has 0 aliphatic carbocycles. The molecule has 3 aromatic rings. The average molecular weight is 346 g/mol. The van der Waals surface area contributed by atoms with Gasteiger partial charge in [-0.3, -0.25) is 5.10 Å². The van der Waals surface area contributed by atoms with Crippen LogP contribution in [0.4, 0.5) is 5.13 Å². The van der Waals surface area contributed by atoms with Crippen LogP contribution in [0.3, 0.4) is 0 Å². The molecule has 0 atom stereocenters. The Morgan fingerprint density at radius 2 is 2.09 bits per heavy atom. The highest BCUT2D eigenvalue weighted by Crippen LogP contribution is 2.20. The zero-order valence-corrected chi connectivity index (χ0v) is 14.6. The molecular weight excluding hydrogens is 328 g/mol. The van der Waals surface area contributed by atoms with Gasteiger partial charge in [-0.05, 0) is 12.2 Å². The molecule has 2 aromatic heterocycles. The first-order valence-corrected chi connectivity index (χ1v) is 8.61. The van der Waals surface area contributed by atoms with E-state index in [1.54, 1.807) is 0 Å². The van der Waals surface area contributed by atoms with Crippen molar-refractivity contribution in [1.29, 1.82) is 0 Å². The smallest absolute Gasteiger partial charge is 0.202 e. The Hall–Kier alpha value is -2.06. The maximum Gasteiger partial charge on any atom is 0.202 e. The number of benzene rings is 1. The van der Waals surface area contributed by atoms with E-state index in [4.69, 9.17) is 12.2 Å². The van der Waals surface area contributed by atoms with Gasteiger partial charge in [-0.15, -0.1) is 0 Å². The van der Waals surface area contributed by atoms with E-state index in [0.717, 1.165) is 35.4 Å². The van der Waals surface area contributed by atoms with Crippen molar-refractivity contribution in [2.75, 3.05) is 11.9 Å². The molecule has 1 aromatic carbocycles. The molecule has 0 unspecified atom stereocenters. The lowest BCUT2D eigenvalue weighted by atomic mass is 10.2. The van der Waals surface area contributed by atoms with Gasteiger partial charge in [0, 0.05) is 36.1 Å². The van der Waals surface area contributed by atoms with Crippen LogP contribution < -0.4 is 5.32 Å². The quantitative estimate of drug-likeness (QED) is 0.666. The first-order chi connectivity index (χ1) is 11.1. The molecule has 0 bridgehead atoms. The van der Waals surface area contributed by atoms with E-state index >= 15 is 0 Å². The first-order valence-electron chi connectivity index (χ1n) is 7.43. The van der Waals surface area contributed by atoms with Crippen LogP contribution in [0.15, 0.2) is 30.3 Å². The Morgan fingerprint density at radius 1 is 1.30 bits per heavy atom. The fourth-order valence-electron chi connectivity index (χ4n) is 2.26. The molecule has 3 rings (SSSR count). The molecule has 120 valence electrons. The maximum atomic E-state index is 5.28. The maximum absolute atomic E-state index is 5.28. The molecule has 0 radical (unpaired) electrons. The van der Waals surface area contributed by atoms with Crippen molar-refractivity contribution in [3.63, 3.8) is 0 Å². The van der Waals surface area contributed by atoms with Gasteiger partial charge >= 0.3 is 0 Å². The standard InChI is InChI=1S/C15H18N6S2/c1-10(2)13-18-19-15(22)21(13)9-8-16-14-17-12(20-23-14)11-6-4-3-5-7-11/h3-7,10H,8-9H2,1-2H3,(H,19,22)(H,16,17,20). The second-order valence-electron chi connectivity index (χ2n) is 5.41. The number of anilines is 1. The van der Waals surface area contributed by atoms with E-state index in [-0.39, 0.29) is 0 Å². The Balaban J connectivity index is 1.63. The summed E-state index contributed by atoms with van der Waals surface area (Å²) >= 11 is 6.65. The average Bonchev–Trinajstić information content (AvgIpc) is 3.16. The molecule has 0 fully saturated rings. The molecule has 2 heterocycles. The van der Waals surface area contributed by atoms with Crippen LogP contribution in [-0.4, -0.2) is 30.7 Å². The Morgan fingerprint density at radius 3 is 2.83 bits per heavy atom. The Labute approximate surface area is 143 Å². The van der Waals surface area contributed by atoms with Crippen LogP contribution in [-0.2, 0) is 6.54 Å². The zero-order valence-electron chi connectivity index (χ0n) is 13.0. The molecule has 23 heavy (non-hydrogen) atoms. The summed E-state index contributed by atoms with van der Waals surface area (Å²) in [5.74, 6) is 2.05. The van der Waals surface area contributed by atoms with Crippen LogP contribution in [0.1, 0.15) is 25.6 Å². The number of rotatable bonds is 6. The van der Waals surface area contributed by atoms with E-state index < -0.39 is 0 Å². The van der Waals surface area contributed by atoms with Crippen molar-refractivity contribution < 1.29 is 0 Å². The third-order valence-electron chi connectivity index (χ3n) is 3.37. The van der Waals surface area contributed by atoms with Crippen molar-refractivity contribution in [3.05, 3.63) is 40.9 Å². The molecule has 8 heteroatoms. The lowest BCUT2D eigenvalue weighted by Crippen LogP contribution is -2.13. The molecular formula is C15H18N6S2. The third kappa shape index (κ3) is 3.65. The number of hydrogen-bond donors (Lipinski definition) is 2. The third-order valence-corrected chi connectivity index (χ3v) is 4.36. The number of H-pyrrole nitrogens is 1. The molecule has 0 saturated carbocycles. The minimum absolute atomic E-state index is 0.328. The summed E-state index contributed by atoms with van der Waals surface area (Å²) in [6, 6.07) is 9.96. The monoisotopic (exact) mass is 346 g/mol. The van der Waals surface area contributed by atoms with Crippen LogP contribution in [0.2, 0.25) is 0 Å². The number of hydrogen-bond acceptors (Lipinski definition) is 6. The predicted octanol–water partition coefficient (Wildman–Crippen LogP) is 3.69. The molecule has 0 aliphatic rings. The summed E-state index contributed by atoms with van der Waals surface area (Å²) in [5.41, 5.74) is 1.02. The van der Waals surface area contributed by atoms with Crippen molar-refractivity contribution >= 4 is 28.9 Å². The van der Waals surface area contributed by atoms with Crippen LogP contribution in [0, 0.1) is 4.77 Å². The van der Waals surface area contributed by atoms with Gasteiger partial charge in [-0.1, -0.05) is 44.2 Å². The largest absolute Gasteiger partial charge is 0.358 e. The van der Waals surface area contributed by atoms with Crippen molar-refractivity contribution in [1.82, 2.24) is 24.1 Å². The second kappa shape index (κ2) is 7.01. The predicted molar refractivity (Wildman–Crippen MR) is 95.3 cm³/mol. The van der Waals surface area contributed by atoms with Gasteiger partial charge in [0.2, 0.25) is 5.13 Å². The Bertz CT molecular complexity index is 818. The summed E-state index contributed by atoms with van der Waals surface area (Å²) < 4.78 is 7.06. The first kappa shape index (κ1) is 15.8. The van der Waals surface area contributed by atoms with E-state index in [9.17, 15) is 0 Å². The number of aromatic nitrogens is 5. The van der Waals surface area contributed by atoms with Gasteiger partial charge in [-0.2, -0.15) is 14.5 Å². The molecule has 0 aliphatic heterocycles. The number of nitrogens with one attached hydrogen (secondary N) is 2. The van der Waals surface area contributed by atoms with Crippen LogP contribution >= 0.6 is 23.8 Å². The Kier molecular flexibility index (Phi) is 4.82. The fraction of sp³-hybridized carbons (Fsp3) is 0.333. The lowest BCUT2D eigenvalue weighted by molar-refractivity contribution is 0.632. The topological polar surface area (TPSA) is 71.4 Å². The van der Waals surface area contributed by atoms with Gasteiger partial charge in [0.25, 0.3) is 0 Å². The van der Waals surface area contributed by atoms with E-state index in [1.165, 1.54) is 11.5 Å². The van der Waals surface area contributed by atoms with E-state index in [2.05, 4.69) is 38.7 Å². The van der Waals surface area contributed by atoms with Gasteiger partial charge in [-0.25, -0.2) is 0 Å². The van der Waals surface area contributed by atoms with Crippen LogP contribution in [0.5, 0.6) is 0 Å². The van der Waals surface area contributed by atoms with Crippen molar-refractivity contribution in [2.24, 2.45) is 0 Å². The van der Waals surface area contributed by atoms with Gasteiger partial charge < -0.3 is 9.88 Å². The minimum Gasteiger partial charge on any atom is -0.358 e. The summed E-state index contributed by atoms with van der Waals surface area (Å²) in [5, 5.41) is 11.2. The highest BCUT2D eigenvalue weighted by atomic mass is 32.1. The van der Waals surface area contributed by atoms with E-state index in [0.29, 0.717) is 10.7 Å². The second-order valence-corrected chi connectivity index (χ2v) is 6.55. The zero-order chi connectivity index (χ0) is 16.2.